The van der Waals surface area contributed by atoms with Gasteiger partial charge in [0, 0.05) is 13.0 Å². The van der Waals surface area contributed by atoms with Crippen LogP contribution >= 0.6 is 12.4 Å². The van der Waals surface area contributed by atoms with Crippen molar-refractivity contribution in [3.05, 3.63) is 0 Å². The number of carbonyl (C=O) groups is 1. The minimum Gasteiger partial charge on any atom is -0.349 e. The highest BCUT2D eigenvalue weighted by atomic mass is 35.5. The quantitative estimate of drug-likeness (QED) is 0.817. The summed E-state index contributed by atoms with van der Waals surface area (Å²) >= 11 is 0. The van der Waals surface area contributed by atoms with E-state index in [4.69, 9.17) is 5.73 Å². The molecule has 4 heteroatoms. The molecule has 112 valence electrons. The van der Waals surface area contributed by atoms with Gasteiger partial charge in [-0.05, 0) is 50.4 Å². The minimum absolute atomic E-state index is 0. The van der Waals surface area contributed by atoms with Gasteiger partial charge in [-0.3, -0.25) is 4.79 Å². The van der Waals surface area contributed by atoms with E-state index in [1.54, 1.807) is 0 Å². The van der Waals surface area contributed by atoms with Crippen molar-refractivity contribution in [2.45, 2.75) is 64.3 Å². The third-order valence-corrected chi connectivity index (χ3v) is 4.85. The van der Waals surface area contributed by atoms with Gasteiger partial charge in [-0.25, -0.2) is 0 Å². The molecule has 0 bridgehead atoms. The van der Waals surface area contributed by atoms with Gasteiger partial charge in [-0.2, -0.15) is 0 Å². The van der Waals surface area contributed by atoms with Crippen LogP contribution < -0.4 is 11.1 Å². The van der Waals surface area contributed by atoms with Gasteiger partial charge in [0.05, 0.1) is 5.54 Å². The monoisotopic (exact) mass is 288 g/mol. The first-order valence-corrected chi connectivity index (χ1v) is 7.54. The summed E-state index contributed by atoms with van der Waals surface area (Å²) in [4.78, 5) is 12.2. The van der Waals surface area contributed by atoms with Crippen LogP contribution in [0.5, 0.6) is 0 Å². The molecular formula is C15H29ClN2O. The Morgan fingerprint density at radius 2 is 2.00 bits per heavy atom. The van der Waals surface area contributed by atoms with E-state index in [2.05, 4.69) is 19.2 Å². The van der Waals surface area contributed by atoms with Crippen molar-refractivity contribution in [3.8, 4) is 0 Å². The van der Waals surface area contributed by atoms with Crippen LogP contribution in [-0.4, -0.2) is 18.0 Å². The second-order valence-corrected chi connectivity index (χ2v) is 6.79. The molecule has 2 fully saturated rings. The van der Waals surface area contributed by atoms with Crippen LogP contribution in [0.25, 0.3) is 0 Å². The number of hydrogen-bond acceptors (Lipinski definition) is 2. The van der Waals surface area contributed by atoms with Crippen molar-refractivity contribution in [2.24, 2.45) is 23.5 Å². The summed E-state index contributed by atoms with van der Waals surface area (Å²) in [5.41, 5.74) is 5.68. The fraction of sp³-hybridized carbons (Fsp3) is 0.933. The molecule has 0 radical (unpaired) electrons. The SMILES string of the molecule is CC1CCCC(CC(=O)NC(C)(CN)C2CC2)C1.Cl. The second kappa shape index (κ2) is 6.94. The minimum atomic E-state index is -0.155. The smallest absolute Gasteiger partial charge is 0.220 e. The van der Waals surface area contributed by atoms with E-state index in [1.165, 1.54) is 38.5 Å². The van der Waals surface area contributed by atoms with E-state index in [0.29, 0.717) is 24.8 Å². The van der Waals surface area contributed by atoms with E-state index in [0.717, 1.165) is 5.92 Å². The highest BCUT2D eigenvalue weighted by molar-refractivity contribution is 5.85. The van der Waals surface area contributed by atoms with Gasteiger partial charge in [-0.1, -0.05) is 19.8 Å². The van der Waals surface area contributed by atoms with Gasteiger partial charge in [-0.15, -0.1) is 12.4 Å². The number of rotatable bonds is 5. The third-order valence-electron chi connectivity index (χ3n) is 4.85. The summed E-state index contributed by atoms with van der Waals surface area (Å²) in [6, 6.07) is 0. The molecule has 3 atom stereocenters. The molecule has 0 saturated heterocycles. The molecule has 0 heterocycles. The fourth-order valence-electron chi connectivity index (χ4n) is 3.42. The largest absolute Gasteiger partial charge is 0.349 e. The Hall–Kier alpha value is -0.280. The maximum Gasteiger partial charge on any atom is 0.220 e. The number of halogens is 1. The molecule has 0 aliphatic heterocycles. The van der Waals surface area contributed by atoms with Gasteiger partial charge in [0.15, 0.2) is 0 Å². The molecule has 2 aliphatic carbocycles. The highest BCUT2D eigenvalue weighted by Crippen LogP contribution is 2.39. The molecule has 3 unspecified atom stereocenters. The lowest BCUT2D eigenvalue weighted by molar-refractivity contribution is -0.124. The molecule has 0 spiro atoms. The maximum atomic E-state index is 12.2. The van der Waals surface area contributed by atoms with Gasteiger partial charge in [0.2, 0.25) is 5.91 Å². The van der Waals surface area contributed by atoms with E-state index < -0.39 is 0 Å². The molecule has 19 heavy (non-hydrogen) atoms. The van der Waals surface area contributed by atoms with E-state index >= 15 is 0 Å². The first-order chi connectivity index (χ1) is 8.53. The molecule has 1 amide bonds. The van der Waals surface area contributed by atoms with E-state index in [9.17, 15) is 4.79 Å². The van der Waals surface area contributed by atoms with Crippen LogP contribution in [0.2, 0.25) is 0 Å². The van der Waals surface area contributed by atoms with E-state index in [1.807, 2.05) is 0 Å². The Morgan fingerprint density at radius 3 is 2.53 bits per heavy atom. The lowest BCUT2D eigenvalue weighted by Gasteiger charge is -2.31. The fourth-order valence-corrected chi connectivity index (χ4v) is 3.42. The summed E-state index contributed by atoms with van der Waals surface area (Å²) in [6.45, 7) is 4.97. The topological polar surface area (TPSA) is 55.1 Å². The van der Waals surface area contributed by atoms with Gasteiger partial charge >= 0.3 is 0 Å². The molecule has 0 aromatic rings. The number of amides is 1. The molecule has 2 saturated carbocycles. The van der Waals surface area contributed by atoms with Crippen molar-refractivity contribution in [1.82, 2.24) is 5.32 Å². The van der Waals surface area contributed by atoms with Crippen molar-refractivity contribution < 1.29 is 4.79 Å². The van der Waals surface area contributed by atoms with Crippen molar-refractivity contribution in [2.75, 3.05) is 6.54 Å². The highest BCUT2D eigenvalue weighted by Gasteiger charge is 2.41. The molecule has 2 aliphatic rings. The summed E-state index contributed by atoms with van der Waals surface area (Å²) < 4.78 is 0. The Balaban J connectivity index is 0.00000180. The Bertz CT molecular complexity index is 307. The average molecular weight is 289 g/mol. The maximum absolute atomic E-state index is 12.2. The zero-order valence-electron chi connectivity index (χ0n) is 12.3. The summed E-state index contributed by atoms with van der Waals surface area (Å²) in [5.74, 6) is 2.21. The summed E-state index contributed by atoms with van der Waals surface area (Å²) in [5, 5.41) is 3.20. The van der Waals surface area contributed by atoms with Crippen molar-refractivity contribution in [3.63, 3.8) is 0 Å². The number of nitrogens with one attached hydrogen (secondary N) is 1. The summed E-state index contributed by atoms with van der Waals surface area (Å²) in [6.07, 6.45) is 8.20. The normalized spacial score (nSPS) is 30.1. The van der Waals surface area contributed by atoms with Crippen molar-refractivity contribution >= 4 is 18.3 Å². The third kappa shape index (κ3) is 4.64. The van der Waals surface area contributed by atoms with Crippen LogP contribution in [0.15, 0.2) is 0 Å². The average Bonchev–Trinajstić information content (AvgIpc) is 3.12. The van der Waals surface area contributed by atoms with Gasteiger partial charge in [0.1, 0.15) is 0 Å². The van der Waals surface area contributed by atoms with Gasteiger partial charge in [0.25, 0.3) is 0 Å². The first-order valence-electron chi connectivity index (χ1n) is 7.54. The van der Waals surface area contributed by atoms with Crippen molar-refractivity contribution in [1.29, 1.82) is 0 Å². The molecule has 3 nitrogen and oxygen atoms in total. The van der Waals surface area contributed by atoms with Crippen LogP contribution in [-0.2, 0) is 4.79 Å². The number of hydrogen-bond donors (Lipinski definition) is 2. The lowest BCUT2D eigenvalue weighted by atomic mass is 9.80. The first kappa shape index (κ1) is 16.8. The van der Waals surface area contributed by atoms with Crippen LogP contribution in [0.1, 0.15) is 58.8 Å². The van der Waals surface area contributed by atoms with Crippen LogP contribution in [0.3, 0.4) is 0 Å². The predicted octanol–water partition coefficient (Wildman–Crippen LogP) is 2.87. The molecular weight excluding hydrogens is 260 g/mol. The number of carbonyl (C=O) groups excluding carboxylic acids is 1. The lowest BCUT2D eigenvalue weighted by Crippen LogP contribution is -2.53. The Kier molecular flexibility index (Phi) is 6.13. The van der Waals surface area contributed by atoms with E-state index in [-0.39, 0.29) is 23.9 Å². The Labute approximate surface area is 123 Å². The van der Waals surface area contributed by atoms with Crippen LogP contribution in [0, 0.1) is 17.8 Å². The number of nitrogens with two attached hydrogens (primary N) is 1. The summed E-state index contributed by atoms with van der Waals surface area (Å²) in [7, 11) is 0. The zero-order chi connectivity index (χ0) is 13.2. The standard InChI is InChI=1S/C15H28N2O.ClH/c1-11-4-3-5-12(8-11)9-14(18)17-15(2,10-16)13-6-7-13;/h11-13H,3-10,16H2,1-2H3,(H,17,18);1H. The molecule has 2 rings (SSSR count). The van der Waals surface area contributed by atoms with Gasteiger partial charge < -0.3 is 11.1 Å². The predicted molar refractivity (Wildman–Crippen MR) is 81.3 cm³/mol. The van der Waals surface area contributed by atoms with Crippen LogP contribution in [0.4, 0.5) is 0 Å². The molecule has 0 aromatic carbocycles. The molecule has 3 N–H and O–H groups in total. The molecule has 0 aromatic heterocycles. The second-order valence-electron chi connectivity index (χ2n) is 6.79. The Morgan fingerprint density at radius 1 is 1.32 bits per heavy atom. The zero-order valence-corrected chi connectivity index (χ0v) is 13.1.